The third-order valence-corrected chi connectivity index (χ3v) is 6.94. The lowest BCUT2D eigenvalue weighted by atomic mass is 9.89. The fourth-order valence-electron chi connectivity index (χ4n) is 4.85. The predicted molar refractivity (Wildman–Crippen MR) is 165 cm³/mol. The van der Waals surface area contributed by atoms with Gasteiger partial charge in [-0.2, -0.15) is 0 Å². The van der Waals surface area contributed by atoms with Crippen molar-refractivity contribution in [2.75, 3.05) is 27.7 Å². The fourth-order valence-corrected chi connectivity index (χ4v) is 4.85. The summed E-state index contributed by atoms with van der Waals surface area (Å²) in [5.41, 5.74) is 20.2. The van der Waals surface area contributed by atoms with Crippen LogP contribution in [0.2, 0.25) is 0 Å². The number of primary amides is 1. The summed E-state index contributed by atoms with van der Waals surface area (Å²) in [6.45, 7) is 0.902. The molecule has 6 N–H and O–H groups in total. The van der Waals surface area contributed by atoms with Gasteiger partial charge in [0.2, 0.25) is 11.8 Å². The number of guanidine groups is 1. The van der Waals surface area contributed by atoms with E-state index in [2.05, 4.69) is 4.99 Å². The summed E-state index contributed by atoms with van der Waals surface area (Å²) in [4.78, 5) is 48.3. The standard InChI is InChI=1S/C32H41N7O3/c1-37(2)32(42)38(3)21-23-16-18-24(19-17-23)22-39(27(29(33)40)15-10-20-36-31(34)35)30(41)28(25-11-6-4-7-12-25)26-13-8-5-9-14-26/h4-9,11-14,16-19,27-28H,10,15,20-22H2,1-3H3,(H2,33,40)(H4,34,35,36)/t27-/m1/s1. The van der Waals surface area contributed by atoms with Crippen LogP contribution >= 0.6 is 0 Å². The van der Waals surface area contributed by atoms with Crippen LogP contribution < -0.4 is 17.2 Å². The Bertz CT molecular complexity index is 1300. The number of carbonyl (C=O) groups excluding carboxylic acids is 3. The lowest BCUT2D eigenvalue weighted by Gasteiger charge is -2.33. The number of rotatable bonds is 13. The van der Waals surface area contributed by atoms with Crippen LogP contribution in [0.15, 0.2) is 89.9 Å². The molecule has 0 bridgehead atoms. The Morgan fingerprint density at radius 3 is 1.69 bits per heavy atom. The molecule has 0 saturated carbocycles. The van der Waals surface area contributed by atoms with Crippen LogP contribution in [0.3, 0.4) is 0 Å². The van der Waals surface area contributed by atoms with Gasteiger partial charge in [0.25, 0.3) is 0 Å². The van der Waals surface area contributed by atoms with Crippen molar-refractivity contribution in [3.63, 3.8) is 0 Å². The number of aliphatic imine (C=N–C) groups is 1. The van der Waals surface area contributed by atoms with Gasteiger partial charge in [-0.3, -0.25) is 14.6 Å². The Labute approximate surface area is 247 Å². The monoisotopic (exact) mass is 571 g/mol. The van der Waals surface area contributed by atoms with Crippen molar-refractivity contribution in [2.24, 2.45) is 22.2 Å². The van der Waals surface area contributed by atoms with Gasteiger partial charge in [-0.05, 0) is 35.1 Å². The zero-order valence-corrected chi connectivity index (χ0v) is 24.5. The molecule has 10 nitrogen and oxygen atoms in total. The zero-order valence-electron chi connectivity index (χ0n) is 24.5. The fraction of sp³-hybridized carbons (Fsp3) is 0.312. The number of nitrogens with zero attached hydrogens (tertiary/aromatic N) is 4. The van der Waals surface area contributed by atoms with Gasteiger partial charge in [-0.25, -0.2) is 4.79 Å². The molecule has 0 heterocycles. The van der Waals surface area contributed by atoms with Gasteiger partial charge in [-0.15, -0.1) is 0 Å². The number of nitrogens with two attached hydrogens (primary N) is 3. The summed E-state index contributed by atoms with van der Waals surface area (Å²) in [5, 5.41) is 0. The number of carbonyl (C=O) groups is 3. The van der Waals surface area contributed by atoms with Crippen LogP contribution in [0.5, 0.6) is 0 Å². The second-order valence-electron chi connectivity index (χ2n) is 10.4. The molecule has 0 fully saturated rings. The number of hydrogen-bond acceptors (Lipinski definition) is 4. The molecule has 0 aliphatic carbocycles. The molecule has 0 aromatic heterocycles. The second kappa shape index (κ2) is 15.2. The maximum absolute atomic E-state index is 14.5. The summed E-state index contributed by atoms with van der Waals surface area (Å²) < 4.78 is 0. The third kappa shape index (κ3) is 8.82. The summed E-state index contributed by atoms with van der Waals surface area (Å²) >= 11 is 0. The first-order valence-electron chi connectivity index (χ1n) is 13.8. The maximum Gasteiger partial charge on any atom is 0.319 e. The Morgan fingerprint density at radius 1 is 0.738 bits per heavy atom. The molecule has 0 aliphatic rings. The molecule has 0 radical (unpaired) electrons. The van der Waals surface area contributed by atoms with Crippen LogP contribution in [0, 0.1) is 0 Å². The van der Waals surface area contributed by atoms with E-state index in [1.54, 1.807) is 30.9 Å². The molecule has 10 heteroatoms. The van der Waals surface area contributed by atoms with E-state index < -0.39 is 17.9 Å². The van der Waals surface area contributed by atoms with E-state index in [1.807, 2.05) is 84.9 Å². The first kappa shape index (κ1) is 31.7. The predicted octanol–water partition coefficient (Wildman–Crippen LogP) is 2.87. The number of benzene rings is 3. The summed E-state index contributed by atoms with van der Waals surface area (Å²) in [6.07, 6.45) is 0.755. The molecule has 3 aromatic rings. The molecule has 222 valence electrons. The SMILES string of the molecule is CN(C)C(=O)N(C)Cc1ccc(CN(C(=O)C(c2ccccc2)c2ccccc2)[C@H](CCCN=C(N)N)C(N)=O)cc1. The molecular weight excluding hydrogens is 530 g/mol. The van der Waals surface area contributed by atoms with Crippen molar-refractivity contribution in [1.82, 2.24) is 14.7 Å². The summed E-state index contributed by atoms with van der Waals surface area (Å²) in [5.74, 6) is -1.52. The molecule has 0 saturated heterocycles. The van der Waals surface area contributed by atoms with Crippen molar-refractivity contribution in [3.8, 4) is 0 Å². The lowest BCUT2D eigenvalue weighted by Crippen LogP contribution is -2.49. The smallest absolute Gasteiger partial charge is 0.319 e. The molecule has 4 amide bonds. The molecule has 3 rings (SSSR count). The average Bonchev–Trinajstić information content (AvgIpc) is 2.97. The zero-order chi connectivity index (χ0) is 30.6. The minimum atomic E-state index is -0.884. The first-order valence-corrected chi connectivity index (χ1v) is 13.8. The summed E-state index contributed by atoms with van der Waals surface area (Å²) in [6, 6.07) is 25.6. The van der Waals surface area contributed by atoms with Gasteiger partial charge in [0.05, 0.1) is 5.92 Å². The van der Waals surface area contributed by atoms with E-state index in [9.17, 15) is 14.4 Å². The Hall–Kier alpha value is -4.86. The molecule has 3 aromatic carbocycles. The van der Waals surface area contributed by atoms with Crippen LogP contribution in [-0.4, -0.2) is 72.2 Å². The minimum absolute atomic E-state index is 0.0372. The van der Waals surface area contributed by atoms with Crippen LogP contribution in [0.4, 0.5) is 4.79 Å². The van der Waals surface area contributed by atoms with Gasteiger partial charge in [0.15, 0.2) is 5.96 Å². The van der Waals surface area contributed by atoms with Crippen molar-refractivity contribution in [2.45, 2.75) is 37.9 Å². The third-order valence-electron chi connectivity index (χ3n) is 6.94. The number of amides is 4. The van der Waals surface area contributed by atoms with Crippen molar-refractivity contribution >= 4 is 23.8 Å². The number of hydrogen-bond donors (Lipinski definition) is 3. The average molecular weight is 572 g/mol. The van der Waals surface area contributed by atoms with E-state index in [-0.39, 0.29) is 24.4 Å². The van der Waals surface area contributed by atoms with E-state index in [0.717, 1.165) is 22.3 Å². The molecule has 0 aliphatic heterocycles. The van der Waals surface area contributed by atoms with Crippen LogP contribution in [0.25, 0.3) is 0 Å². The van der Waals surface area contributed by atoms with Gasteiger partial charge in [0.1, 0.15) is 6.04 Å². The molecule has 1 atom stereocenters. The van der Waals surface area contributed by atoms with Gasteiger partial charge < -0.3 is 31.9 Å². The second-order valence-corrected chi connectivity index (χ2v) is 10.4. The molecule has 0 unspecified atom stereocenters. The highest BCUT2D eigenvalue weighted by atomic mass is 16.2. The quantitative estimate of drug-likeness (QED) is 0.164. The van der Waals surface area contributed by atoms with Gasteiger partial charge >= 0.3 is 6.03 Å². The van der Waals surface area contributed by atoms with E-state index >= 15 is 0 Å². The Kier molecular flexibility index (Phi) is 11.5. The van der Waals surface area contributed by atoms with E-state index in [1.165, 1.54) is 4.90 Å². The van der Waals surface area contributed by atoms with Gasteiger partial charge in [0, 0.05) is 40.8 Å². The van der Waals surface area contributed by atoms with Crippen molar-refractivity contribution in [1.29, 1.82) is 0 Å². The normalized spacial score (nSPS) is 11.4. The van der Waals surface area contributed by atoms with E-state index in [4.69, 9.17) is 17.2 Å². The van der Waals surface area contributed by atoms with Crippen LogP contribution in [0.1, 0.15) is 41.0 Å². The van der Waals surface area contributed by atoms with Crippen molar-refractivity contribution in [3.05, 3.63) is 107 Å². The van der Waals surface area contributed by atoms with Gasteiger partial charge in [-0.1, -0.05) is 84.9 Å². The summed E-state index contributed by atoms with van der Waals surface area (Å²) in [7, 11) is 5.15. The molecule has 42 heavy (non-hydrogen) atoms. The maximum atomic E-state index is 14.5. The molecular formula is C32H41N7O3. The van der Waals surface area contributed by atoms with Crippen LogP contribution in [-0.2, 0) is 22.7 Å². The molecule has 0 spiro atoms. The lowest BCUT2D eigenvalue weighted by molar-refractivity contribution is -0.141. The largest absolute Gasteiger partial charge is 0.370 e. The first-order chi connectivity index (χ1) is 20.1. The highest BCUT2D eigenvalue weighted by Gasteiger charge is 2.34. The number of urea groups is 1. The Morgan fingerprint density at radius 2 is 1.24 bits per heavy atom. The minimum Gasteiger partial charge on any atom is -0.370 e. The highest BCUT2D eigenvalue weighted by molar-refractivity contribution is 5.92. The highest BCUT2D eigenvalue weighted by Crippen LogP contribution is 2.29. The van der Waals surface area contributed by atoms with Crippen molar-refractivity contribution < 1.29 is 14.4 Å². The Balaban J connectivity index is 1.97. The topological polar surface area (TPSA) is 151 Å². The van der Waals surface area contributed by atoms with E-state index in [0.29, 0.717) is 25.9 Å².